The van der Waals surface area contributed by atoms with Crippen LogP contribution < -0.4 is 11.1 Å². The van der Waals surface area contributed by atoms with Gasteiger partial charge >= 0.3 is 0 Å². The van der Waals surface area contributed by atoms with Crippen molar-refractivity contribution < 1.29 is 9.32 Å². The number of hydrogen-bond donors (Lipinski definition) is 2. The van der Waals surface area contributed by atoms with Crippen LogP contribution in [0.2, 0.25) is 0 Å². The largest absolute Gasteiger partial charge is 0.364 e. The SMILES string of the molecule is NCc1nc(C(=O)NCc2ccon2)cs1. The Kier molecular flexibility index (Phi) is 3.28. The average molecular weight is 238 g/mol. The van der Waals surface area contributed by atoms with Gasteiger partial charge in [0.15, 0.2) is 0 Å². The second-order valence-electron chi connectivity index (χ2n) is 3.00. The number of nitrogens with one attached hydrogen (secondary N) is 1. The highest BCUT2D eigenvalue weighted by molar-refractivity contribution is 7.09. The van der Waals surface area contributed by atoms with Gasteiger partial charge in [0.05, 0.1) is 6.54 Å². The van der Waals surface area contributed by atoms with E-state index in [-0.39, 0.29) is 5.91 Å². The Balaban J connectivity index is 1.93. The maximum Gasteiger partial charge on any atom is 0.271 e. The fourth-order valence-corrected chi connectivity index (χ4v) is 1.75. The quantitative estimate of drug-likeness (QED) is 0.809. The van der Waals surface area contributed by atoms with Gasteiger partial charge in [-0.15, -0.1) is 11.3 Å². The molecule has 2 rings (SSSR count). The number of thiazole rings is 1. The van der Waals surface area contributed by atoms with E-state index < -0.39 is 0 Å². The predicted molar refractivity (Wildman–Crippen MR) is 57.7 cm³/mol. The summed E-state index contributed by atoms with van der Waals surface area (Å²) in [6.45, 7) is 0.673. The van der Waals surface area contributed by atoms with Crippen molar-refractivity contribution >= 4 is 17.2 Å². The minimum absolute atomic E-state index is 0.237. The molecule has 0 saturated carbocycles. The van der Waals surface area contributed by atoms with Crippen molar-refractivity contribution in [3.8, 4) is 0 Å². The number of nitrogens with two attached hydrogens (primary N) is 1. The van der Waals surface area contributed by atoms with Crippen LogP contribution in [-0.2, 0) is 13.1 Å². The highest BCUT2D eigenvalue weighted by Crippen LogP contribution is 2.08. The summed E-state index contributed by atoms with van der Waals surface area (Å²) < 4.78 is 4.64. The van der Waals surface area contributed by atoms with Crippen molar-refractivity contribution in [3.63, 3.8) is 0 Å². The van der Waals surface area contributed by atoms with E-state index in [0.29, 0.717) is 24.5 Å². The van der Waals surface area contributed by atoms with E-state index in [2.05, 4.69) is 20.0 Å². The van der Waals surface area contributed by atoms with Gasteiger partial charge in [-0.1, -0.05) is 5.16 Å². The third-order valence-electron chi connectivity index (χ3n) is 1.88. The van der Waals surface area contributed by atoms with E-state index in [0.717, 1.165) is 5.01 Å². The molecule has 0 aliphatic heterocycles. The smallest absolute Gasteiger partial charge is 0.271 e. The first-order chi connectivity index (χ1) is 7.79. The van der Waals surface area contributed by atoms with Crippen LogP contribution in [0.5, 0.6) is 0 Å². The van der Waals surface area contributed by atoms with Crippen LogP contribution >= 0.6 is 11.3 Å². The number of carbonyl (C=O) groups is 1. The summed E-state index contributed by atoms with van der Waals surface area (Å²) in [5.74, 6) is -0.237. The summed E-state index contributed by atoms with van der Waals surface area (Å²) >= 11 is 1.37. The highest BCUT2D eigenvalue weighted by atomic mass is 32.1. The Morgan fingerprint density at radius 1 is 1.62 bits per heavy atom. The first-order valence-electron chi connectivity index (χ1n) is 4.61. The van der Waals surface area contributed by atoms with E-state index in [4.69, 9.17) is 5.73 Å². The van der Waals surface area contributed by atoms with E-state index in [1.807, 2.05) is 0 Å². The molecule has 2 aromatic rings. The Bertz CT molecular complexity index is 466. The molecule has 0 atom stereocenters. The first-order valence-corrected chi connectivity index (χ1v) is 5.49. The maximum absolute atomic E-state index is 11.6. The molecule has 1 amide bonds. The maximum atomic E-state index is 11.6. The number of hydrogen-bond acceptors (Lipinski definition) is 6. The van der Waals surface area contributed by atoms with Gasteiger partial charge in [0, 0.05) is 18.0 Å². The van der Waals surface area contributed by atoms with Gasteiger partial charge in [-0.05, 0) is 0 Å². The number of aromatic nitrogens is 2. The summed E-state index contributed by atoms with van der Waals surface area (Å²) in [4.78, 5) is 15.7. The molecule has 3 N–H and O–H groups in total. The molecule has 0 aromatic carbocycles. The molecule has 0 bridgehead atoms. The molecule has 0 aliphatic rings. The molecule has 0 fully saturated rings. The normalized spacial score (nSPS) is 10.3. The Labute approximate surface area is 95.5 Å². The van der Waals surface area contributed by atoms with Crippen molar-refractivity contribution in [3.05, 3.63) is 34.1 Å². The zero-order chi connectivity index (χ0) is 11.4. The van der Waals surface area contributed by atoms with Crippen molar-refractivity contribution in [2.45, 2.75) is 13.1 Å². The highest BCUT2D eigenvalue weighted by Gasteiger charge is 2.10. The number of carbonyl (C=O) groups excluding carboxylic acids is 1. The van der Waals surface area contributed by atoms with Gasteiger partial charge in [0.2, 0.25) is 0 Å². The van der Waals surface area contributed by atoms with Crippen molar-refractivity contribution in [1.29, 1.82) is 0 Å². The van der Waals surface area contributed by atoms with Crippen molar-refractivity contribution in [2.75, 3.05) is 0 Å². The topological polar surface area (TPSA) is 94.0 Å². The predicted octanol–water partition coefficient (Wildman–Crippen LogP) is 0.520. The molecule has 0 unspecified atom stereocenters. The number of amides is 1. The molecule has 84 valence electrons. The second kappa shape index (κ2) is 4.86. The van der Waals surface area contributed by atoms with E-state index in [1.54, 1.807) is 11.4 Å². The molecule has 2 aromatic heterocycles. The minimum Gasteiger partial charge on any atom is -0.364 e. The summed E-state index contributed by atoms with van der Waals surface area (Å²) in [5.41, 5.74) is 6.46. The van der Waals surface area contributed by atoms with Crippen LogP contribution in [0.3, 0.4) is 0 Å². The van der Waals surface area contributed by atoms with E-state index >= 15 is 0 Å². The lowest BCUT2D eigenvalue weighted by Crippen LogP contribution is -2.23. The van der Waals surface area contributed by atoms with Gasteiger partial charge in [-0.3, -0.25) is 4.79 Å². The van der Waals surface area contributed by atoms with Gasteiger partial charge in [0.1, 0.15) is 22.7 Å². The third-order valence-corrected chi connectivity index (χ3v) is 2.75. The third kappa shape index (κ3) is 2.44. The van der Waals surface area contributed by atoms with E-state index in [1.165, 1.54) is 17.6 Å². The van der Waals surface area contributed by atoms with Crippen molar-refractivity contribution in [1.82, 2.24) is 15.5 Å². The molecular formula is C9H10N4O2S. The lowest BCUT2D eigenvalue weighted by molar-refractivity contribution is 0.0945. The molecule has 0 spiro atoms. The van der Waals surface area contributed by atoms with Crippen LogP contribution in [0.25, 0.3) is 0 Å². The minimum atomic E-state index is -0.237. The van der Waals surface area contributed by atoms with Gasteiger partial charge in [-0.25, -0.2) is 4.98 Å². The van der Waals surface area contributed by atoms with Crippen LogP contribution in [0.15, 0.2) is 22.2 Å². The molecule has 6 nitrogen and oxygen atoms in total. The molecule has 0 aliphatic carbocycles. The molecule has 2 heterocycles. The zero-order valence-corrected chi connectivity index (χ0v) is 9.16. The van der Waals surface area contributed by atoms with Crippen LogP contribution in [0.4, 0.5) is 0 Å². The van der Waals surface area contributed by atoms with Crippen LogP contribution in [-0.4, -0.2) is 16.0 Å². The molecule has 7 heteroatoms. The number of rotatable bonds is 4. The monoisotopic (exact) mass is 238 g/mol. The Morgan fingerprint density at radius 2 is 2.50 bits per heavy atom. The average Bonchev–Trinajstić information content (AvgIpc) is 2.96. The Hall–Kier alpha value is -1.73. The fourth-order valence-electron chi connectivity index (χ4n) is 1.10. The van der Waals surface area contributed by atoms with Crippen molar-refractivity contribution in [2.24, 2.45) is 5.73 Å². The van der Waals surface area contributed by atoms with Gasteiger partial charge in [-0.2, -0.15) is 0 Å². The fraction of sp³-hybridized carbons (Fsp3) is 0.222. The van der Waals surface area contributed by atoms with Crippen LogP contribution in [0, 0.1) is 0 Å². The lowest BCUT2D eigenvalue weighted by Gasteiger charge is -1.98. The number of nitrogens with zero attached hydrogens (tertiary/aromatic N) is 2. The van der Waals surface area contributed by atoms with Gasteiger partial charge in [0.25, 0.3) is 5.91 Å². The summed E-state index contributed by atoms with van der Waals surface area (Å²) in [7, 11) is 0. The zero-order valence-electron chi connectivity index (χ0n) is 8.34. The Morgan fingerprint density at radius 3 is 3.12 bits per heavy atom. The standard InChI is InChI=1S/C9H10N4O2S/c10-3-8-12-7(5-16-8)9(14)11-4-6-1-2-15-13-6/h1-2,5H,3-4,10H2,(H,11,14). The summed E-state index contributed by atoms with van der Waals surface area (Å²) in [5, 5.41) is 8.78. The summed E-state index contributed by atoms with van der Waals surface area (Å²) in [6, 6.07) is 1.69. The molecular weight excluding hydrogens is 228 g/mol. The summed E-state index contributed by atoms with van der Waals surface area (Å²) in [6.07, 6.45) is 1.46. The lowest BCUT2D eigenvalue weighted by atomic mass is 10.4. The molecule has 16 heavy (non-hydrogen) atoms. The molecule has 0 saturated heterocycles. The van der Waals surface area contributed by atoms with E-state index in [9.17, 15) is 4.79 Å². The second-order valence-corrected chi connectivity index (χ2v) is 3.95. The van der Waals surface area contributed by atoms with Gasteiger partial charge < -0.3 is 15.6 Å². The first kappa shape index (κ1) is 10.8. The molecule has 0 radical (unpaired) electrons. The van der Waals surface area contributed by atoms with Crippen LogP contribution in [0.1, 0.15) is 21.2 Å².